The highest BCUT2D eigenvalue weighted by Crippen LogP contribution is 2.20. The summed E-state index contributed by atoms with van der Waals surface area (Å²) >= 11 is 0. The van der Waals surface area contributed by atoms with E-state index in [1.807, 2.05) is 48.5 Å². The van der Waals surface area contributed by atoms with Crippen molar-refractivity contribution in [2.75, 3.05) is 20.1 Å². The van der Waals surface area contributed by atoms with Gasteiger partial charge in [0, 0.05) is 6.54 Å². The number of aliphatic hydroxyl groups excluding tert-OH is 1. The van der Waals surface area contributed by atoms with Crippen molar-refractivity contribution in [3.63, 3.8) is 0 Å². The predicted octanol–water partition coefficient (Wildman–Crippen LogP) is 1.63. The molecule has 5 heteroatoms. The molecule has 0 fully saturated rings. The Morgan fingerprint density at radius 1 is 1.17 bits per heavy atom. The number of benzene rings is 2. The topological polar surface area (TPSA) is 70.6 Å². The van der Waals surface area contributed by atoms with Crippen LogP contribution < -0.4 is 15.4 Å². The van der Waals surface area contributed by atoms with Crippen molar-refractivity contribution in [2.45, 2.75) is 12.7 Å². The smallest absolute Gasteiger partial charge is 0.234 e. The van der Waals surface area contributed by atoms with Gasteiger partial charge in [-0.15, -0.1) is 0 Å². The Hall–Kier alpha value is -2.37. The van der Waals surface area contributed by atoms with Crippen LogP contribution in [0.3, 0.4) is 0 Å². The first-order valence-corrected chi connectivity index (χ1v) is 7.55. The lowest BCUT2D eigenvalue weighted by Gasteiger charge is -2.14. The summed E-state index contributed by atoms with van der Waals surface area (Å²) in [6, 6.07) is 17.2. The van der Waals surface area contributed by atoms with Crippen LogP contribution in [-0.2, 0) is 11.4 Å². The molecular weight excluding hydrogens is 292 g/mol. The van der Waals surface area contributed by atoms with Crippen LogP contribution in [0, 0.1) is 0 Å². The first-order valence-electron chi connectivity index (χ1n) is 7.55. The van der Waals surface area contributed by atoms with Gasteiger partial charge in [0.1, 0.15) is 12.4 Å². The SMILES string of the molecule is CNCC(=O)NCC(O)c1cccc(OCc2ccccc2)c1. The number of likely N-dealkylation sites (N-methyl/N-ethyl adjacent to an activating group) is 1. The van der Waals surface area contributed by atoms with Gasteiger partial charge in [0.2, 0.25) is 5.91 Å². The van der Waals surface area contributed by atoms with E-state index in [0.717, 1.165) is 5.56 Å². The Bertz CT molecular complexity index is 617. The van der Waals surface area contributed by atoms with Gasteiger partial charge in [0.25, 0.3) is 0 Å². The first-order chi connectivity index (χ1) is 11.2. The van der Waals surface area contributed by atoms with Crippen LogP contribution in [0.15, 0.2) is 54.6 Å². The molecule has 1 unspecified atom stereocenters. The number of carbonyl (C=O) groups is 1. The van der Waals surface area contributed by atoms with Gasteiger partial charge in [0.05, 0.1) is 12.6 Å². The fourth-order valence-electron chi connectivity index (χ4n) is 2.10. The number of amides is 1. The predicted molar refractivity (Wildman–Crippen MR) is 89.1 cm³/mol. The molecule has 2 rings (SSSR count). The minimum atomic E-state index is -0.768. The van der Waals surface area contributed by atoms with Gasteiger partial charge in [-0.25, -0.2) is 0 Å². The van der Waals surface area contributed by atoms with Crippen molar-refractivity contribution in [1.82, 2.24) is 10.6 Å². The lowest BCUT2D eigenvalue weighted by atomic mass is 10.1. The molecule has 3 N–H and O–H groups in total. The molecule has 1 amide bonds. The zero-order valence-corrected chi connectivity index (χ0v) is 13.2. The molecule has 2 aromatic rings. The maximum absolute atomic E-state index is 11.4. The van der Waals surface area contributed by atoms with Crippen LogP contribution in [-0.4, -0.2) is 31.2 Å². The molecule has 0 bridgehead atoms. The highest BCUT2D eigenvalue weighted by molar-refractivity contribution is 5.77. The van der Waals surface area contributed by atoms with Crippen LogP contribution >= 0.6 is 0 Å². The van der Waals surface area contributed by atoms with Gasteiger partial charge in [-0.2, -0.15) is 0 Å². The largest absolute Gasteiger partial charge is 0.489 e. The van der Waals surface area contributed by atoms with Crippen LogP contribution in [0.4, 0.5) is 0 Å². The second-order valence-corrected chi connectivity index (χ2v) is 5.20. The van der Waals surface area contributed by atoms with Crippen molar-refractivity contribution in [1.29, 1.82) is 0 Å². The monoisotopic (exact) mass is 314 g/mol. The zero-order chi connectivity index (χ0) is 16.5. The zero-order valence-electron chi connectivity index (χ0n) is 13.2. The molecule has 0 aliphatic rings. The Morgan fingerprint density at radius 3 is 2.70 bits per heavy atom. The third kappa shape index (κ3) is 5.73. The molecular formula is C18H22N2O3. The van der Waals surface area contributed by atoms with E-state index in [1.165, 1.54) is 0 Å². The molecule has 0 heterocycles. The summed E-state index contributed by atoms with van der Waals surface area (Å²) < 4.78 is 5.74. The molecule has 0 saturated carbocycles. The lowest BCUT2D eigenvalue weighted by molar-refractivity contribution is -0.120. The fraction of sp³-hybridized carbons (Fsp3) is 0.278. The highest BCUT2D eigenvalue weighted by Gasteiger charge is 2.10. The van der Waals surface area contributed by atoms with Crippen molar-refractivity contribution in [3.05, 3.63) is 65.7 Å². The third-order valence-corrected chi connectivity index (χ3v) is 3.32. The van der Waals surface area contributed by atoms with E-state index >= 15 is 0 Å². The van der Waals surface area contributed by atoms with Crippen molar-refractivity contribution < 1.29 is 14.6 Å². The molecule has 0 radical (unpaired) electrons. The summed E-state index contributed by atoms with van der Waals surface area (Å²) in [6.07, 6.45) is -0.768. The summed E-state index contributed by atoms with van der Waals surface area (Å²) in [6.45, 7) is 0.870. The number of hydrogen-bond acceptors (Lipinski definition) is 4. The van der Waals surface area contributed by atoms with E-state index < -0.39 is 6.10 Å². The van der Waals surface area contributed by atoms with Crippen LogP contribution in [0.2, 0.25) is 0 Å². The quantitative estimate of drug-likeness (QED) is 0.693. The maximum atomic E-state index is 11.4. The molecule has 5 nitrogen and oxygen atoms in total. The second-order valence-electron chi connectivity index (χ2n) is 5.20. The van der Waals surface area contributed by atoms with E-state index in [-0.39, 0.29) is 19.0 Å². The Labute approximate surface area is 136 Å². The summed E-state index contributed by atoms with van der Waals surface area (Å²) in [5, 5.41) is 15.6. The molecule has 0 aliphatic carbocycles. The fourth-order valence-corrected chi connectivity index (χ4v) is 2.10. The number of carbonyl (C=O) groups excluding carboxylic acids is 1. The van der Waals surface area contributed by atoms with Crippen LogP contribution in [0.1, 0.15) is 17.2 Å². The number of rotatable bonds is 8. The minimum Gasteiger partial charge on any atom is -0.489 e. The normalized spacial score (nSPS) is 11.7. The Balaban J connectivity index is 1.89. The Morgan fingerprint density at radius 2 is 1.96 bits per heavy atom. The molecule has 0 aromatic heterocycles. The molecule has 0 saturated heterocycles. The van der Waals surface area contributed by atoms with Crippen LogP contribution in [0.25, 0.3) is 0 Å². The average Bonchev–Trinajstić information content (AvgIpc) is 2.59. The minimum absolute atomic E-state index is 0.150. The molecule has 0 aliphatic heterocycles. The maximum Gasteiger partial charge on any atom is 0.234 e. The van der Waals surface area contributed by atoms with Gasteiger partial charge in [-0.3, -0.25) is 4.79 Å². The number of hydrogen-bond donors (Lipinski definition) is 3. The van der Waals surface area contributed by atoms with Gasteiger partial charge in [0.15, 0.2) is 0 Å². The van der Waals surface area contributed by atoms with Gasteiger partial charge < -0.3 is 20.5 Å². The Kier molecular flexibility index (Phi) is 6.59. The molecule has 23 heavy (non-hydrogen) atoms. The van der Waals surface area contributed by atoms with Crippen molar-refractivity contribution in [3.8, 4) is 5.75 Å². The molecule has 122 valence electrons. The summed E-state index contributed by atoms with van der Waals surface area (Å²) in [5.41, 5.74) is 1.79. The number of aliphatic hydroxyl groups is 1. The molecule has 1 atom stereocenters. The lowest BCUT2D eigenvalue weighted by Crippen LogP contribution is -2.34. The standard InChI is InChI=1S/C18H22N2O3/c1-19-12-18(22)20-11-17(21)15-8-5-9-16(10-15)23-13-14-6-3-2-4-7-14/h2-10,17,19,21H,11-13H2,1H3,(H,20,22). The van der Waals surface area contributed by atoms with Crippen molar-refractivity contribution in [2.24, 2.45) is 0 Å². The van der Waals surface area contributed by atoms with E-state index in [2.05, 4.69) is 10.6 Å². The summed E-state index contributed by atoms with van der Waals surface area (Å²) in [5.74, 6) is 0.537. The van der Waals surface area contributed by atoms with Gasteiger partial charge in [-0.05, 0) is 30.3 Å². The summed E-state index contributed by atoms with van der Waals surface area (Å²) in [4.78, 5) is 11.4. The van der Waals surface area contributed by atoms with Crippen molar-refractivity contribution >= 4 is 5.91 Å². The van der Waals surface area contributed by atoms with E-state index in [9.17, 15) is 9.90 Å². The van der Waals surface area contributed by atoms with Crippen LogP contribution in [0.5, 0.6) is 5.75 Å². The highest BCUT2D eigenvalue weighted by atomic mass is 16.5. The van der Waals surface area contributed by atoms with E-state index in [0.29, 0.717) is 17.9 Å². The molecule has 0 spiro atoms. The van der Waals surface area contributed by atoms with Gasteiger partial charge >= 0.3 is 0 Å². The second kappa shape index (κ2) is 8.92. The molecule has 2 aromatic carbocycles. The van der Waals surface area contributed by atoms with E-state index in [4.69, 9.17) is 4.74 Å². The van der Waals surface area contributed by atoms with Gasteiger partial charge in [-0.1, -0.05) is 42.5 Å². The summed E-state index contributed by atoms with van der Waals surface area (Å²) in [7, 11) is 1.70. The first kappa shape index (κ1) is 17.0. The van der Waals surface area contributed by atoms with E-state index in [1.54, 1.807) is 13.1 Å². The number of ether oxygens (including phenoxy) is 1. The average molecular weight is 314 g/mol. The number of nitrogens with one attached hydrogen (secondary N) is 2. The third-order valence-electron chi connectivity index (χ3n) is 3.32.